The summed E-state index contributed by atoms with van der Waals surface area (Å²) < 4.78 is 61.3. The van der Waals surface area contributed by atoms with Gasteiger partial charge in [-0.25, -0.2) is 29.1 Å². The van der Waals surface area contributed by atoms with Crippen LogP contribution >= 0.6 is 15.6 Å². The average molecular weight is 688 g/mol. The molecule has 3 saturated heterocycles. The predicted octanol–water partition coefficient (Wildman–Crippen LogP) is -2.03. The maximum absolute atomic E-state index is 13.2. The number of rotatable bonds is 2. The second-order valence-corrected chi connectivity index (χ2v) is 13.3. The van der Waals surface area contributed by atoms with Crippen molar-refractivity contribution in [1.82, 2.24) is 39.0 Å². The number of aliphatic hydroxyl groups is 2. The summed E-state index contributed by atoms with van der Waals surface area (Å²) in [5, 5.41) is 22.2. The molecule has 3 fully saturated rings. The highest BCUT2D eigenvalue weighted by molar-refractivity contribution is 7.47. The number of phosphoric acid groups is 2. The minimum Gasteiger partial charge on any atom is -0.387 e. The zero-order valence-electron chi connectivity index (χ0n) is 23.3. The number of aryl methyl sites for hydroxylation is 1. The topological polar surface area (TPSA) is 330 Å². The minimum absolute atomic E-state index is 0.0505. The van der Waals surface area contributed by atoms with E-state index < -0.39 is 83.5 Å². The zero-order chi connectivity index (χ0) is 32.7. The molecule has 7 rings (SSSR count). The van der Waals surface area contributed by atoms with Crippen LogP contribution in [-0.2, 0) is 36.7 Å². The number of aliphatic hydroxyl groups excluding tert-OH is 2. The molecule has 4 aromatic heterocycles. The van der Waals surface area contributed by atoms with E-state index in [1.165, 1.54) is 10.9 Å². The van der Waals surface area contributed by atoms with Gasteiger partial charge in [0.25, 0.3) is 5.56 Å². The van der Waals surface area contributed by atoms with Gasteiger partial charge in [0.2, 0.25) is 5.95 Å². The van der Waals surface area contributed by atoms with Gasteiger partial charge in [-0.05, 0) is 6.92 Å². The van der Waals surface area contributed by atoms with E-state index in [1.54, 1.807) is 6.92 Å². The van der Waals surface area contributed by atoms with Gasteiger partial charge in [-0.3, -0.25) is 37.0 Å². The Bertz CT molecular complexity index is 1990. The monoisotopic (exact) mass is 688 g/mol. The third-order valence-corrected chi connectivity index (χ3v) is 9.47. The van der Waals surface area contributed by atoms with Crippen LogP contribution in [0.5, 0.6) is 0 Å². The molecule has 25 heteroatoms. The van der Waals surface area contributed by atoms with Crippen LogP contribution in [0.4, 0.5) is 11.8 Å². The number of hydrogen-bond donors (Lipinski definition) is 7. The molecular weight excluding hydrogens is 662 g/mol. The van der Waals surface area contributed by atoms with Gasteiger partial charge in [-0.2, -0.15) is 4.98 Å². The number of nitrogens with zero attached hydrogens (tertiary/aromatic N) is 7. The number of nitrogens with one attached hydrogen (secondary N) is 1. The Labute approximate surface area is 255 Å². The normalized spacial score (nSPS) is 37.2. The summed E-state index contributed by atoms with van der Waals surface area (Å²) in [6.45, 7) is -0.0822. The molecule has 4 aromatic rings. The molecule has 2 bridgehead atoms. The molecule has 248 valence electrons. The first-order chi connectivity index (χ1) is 21.7. The maximum Gasteiger partial charge on any atom is 0.472 e. The highest BCUT2D eigenvalue weighted by atomic mass is 31.2. The van der Waals surface area contributed by atoms with E-state index in [0.29, 0.717) is 0 Å². The number of aromatic nitrogens is 8. The first-order valence-corrected chi connectivity index (χ1v) is 16.4. The van der Waals surface area contributed by atoms with Gasteiger partial charge in [0.1, 0.15) is 48.0 Å². The molecule has 0 saturated carbocycles. The van der Waals surface area contributed by atoms with Crippen LogP contribution in [0, 0.1) is 6.92 Å². The molecule has 3 aliphatic rings. The fourth-order valence-corrected chi connectivity index (χ4v) is 7.37. The highest BCUT2D eigenvalue weighted by Crippen LogP contribution is 2.53. The van der Waals surface area contributed by atoms with Crippen molar-refractivity contribution in [3.05, 3.63) is 28.8 Å². The molecule has 7 heterocycles. The maximum atomic E-state index is 13.2. The van der Waals surface area contributed by atoms with Crippen LogP contribution < -0.4 is 17.0 Å². The van der Waals surface area contributed by atoms with Crippen LogP contribution in [0.3, 0.4) is 0 Å². The van der Waals surface area contributed by atoms with Gasteiger partial charge >= 0.3 is 15.6 Å². The standard InChI is InChI=1S/C21H26N10O13P2/c1-6-26-15(22)9-16(27-6)30(4-24-9)19-12(33)13-8(42-19)3-40-46(37,38)44-14-11(32)7(2-39-45(35,36)43-13)41-20(14)31-5-25-10-17(31)28-21(23)29-18(10)34/h4-5,7-8,11-14,19-20,32-33H,2-3H2,1H3,(H,35,36)(H,37,38)(H2,22,26,27)(H3,23,28,29,34)/t7-,8-,11-,12-,13-,14-,19-,20-/m1/s1. The van der Waals surface area contributed by atoms with Crippen LogP contribution in [0.15, 0.2) is 17.4 Å². The molecular formula is C21H26N10O13P2. The van der Waals surface area contributed by atoms with Crippen molar-refractivity contribution in [3.63, 3.8) is 0 Å². The number of anilines is 2. The molecule has 0 amide bonds. The van der Waals surface area contributed by atoms with Crippen molar-refractivity contribution in [1.29, 1.82) is 0 Å². The van der Waals surface area contributed by atoms with Crippen molar-refractivity contribution >= 4 is 49.7 Å². The fourth-order valence-electron chi connectivity index (χ4n) is 5.48. The number of imidazole rings is 2. The quantitative estimate of drug-likeness (QED) is 0.112. The number of hydrogen-bond acceptors (Lipinski definition) is 18. The molecule has 2 unspecified atom stereocenters. The van der Waals surface area contributed by atoms with Gasteiger partial charge in [0.05, 0.1) is 25.9 Å². The second-order valence-electron chi connectivity index (χ2n) is 10.5. The Hall–Kier alpha value is -3.44. The predicted molar refractivity (Wildman–Crippen MR) is 148 cm³/mol. The number of nitrogen functional groups attached to an aromatic ring is 2. The van der Waals surface area contributed by atoms with Gasteiger partial charge in [0, 0.05) is 0 Å². The van der Waals surface area contributed by atoms with Crippen molar-refractivity contribution < 1.29 is 56.7 Å². The van der Waals surface area contributed by atoms with Crippen molar-refractivity contribution in [3.8, 4) is 0 Å². The minimum atomic E-state index is -5.12. The van der Waals surface area contributed by atoms with Crippen LogP contribution in [-0.4, -0.2) is 109 Å². The summed E-state index contributed by atoms with van der Waals surface area (Å²) in [7, 11) is -10.2. The van der Waals surface area contributed by atoms with Gasteiger partial charge in [0.15, 0.2) is 35.1 Å². The smallest absolute Gasteiger partial charge is 0.387 e. The van der Waals surface area contributed by atoms with Crippen molar-refractivity contribution in [2.45, 2.75) is 56.0 Å². The van der Waals surface area contributed by atoms with E-state index in [9.17, 15) is 33.9 Å². The summed E-state index contributed by atoms with van der Waals surface area (Å²) in [4.78, 5) is 56.3. The Morgan fingerprint density at radius 2 is 1.43 bits per heavy atom. The molecule has 3 aliphatic heterocycles. The van der Waals surface area contributed by atoms with Crippen LogP contribution in [0.2, 0.25) is 0 Å². The van der Waals surface area contributed by atoms with E-state index >= 15 is 0 Å². The molecule has 0 spiro atoms. The lowest BCUT2D eigenvalue weighted by Gasteiger charge is -2.25. The molecule has 10 atom stereocenters. The number of phosphoric ester groups is 2. The second kappa shape index (κ2) is 11.1. The van der Waals surface area contributed by atoms with Gasteiger partial charge in [-0.1, -0.05) is 0 Å². The largest absolute Gasteiger partial charge is 0.472 e. The van der Waals surface area contributed by atoms with E-state index in [-0.39, 0.29) is 39.9 Å². The summed E-state index contributed by atoms with van der Waals surface area (Å²) in [6.07, 6.45) is -10.4. The van der Waals surface area contributed by atoms with E-state index in [4.69, 9.17) is 39.0 Å². The first kappa shape index (κ1) is 31.2. The summed E-state index contributed by atoms with van der Waals surface area (Å²) >= 11 is 0. The molecule has 46 heavy (non-hydrogen) atoms. The summed E-state index contributed by atoms with van der Waals surface area (Å²) in [6, 6.07) is 0. The Balaban J connectivity index is 1.21. The van der Waals surface area contributed by atoms with Crippen molar-refractivity contribution in [2.24, 2.45) is 0 Å². The Morgan fingerprint density at radius 1 is 0.848 bits per heavy atom. The highest BCUT2D eigenvalue weighted by Gasteiger charge is 2.54. The van der Waals surface area contributed by atoms with E-state index in [0.717, 1.165) is 10.9 Å². The number of H-pyrrole nitrogens is 1. The third-order valence-electron chi connectivity index (χ3n) is 7.50. The molecule has 0 aliphatic carbocycles. The lowest BCUT2D eigenvalue weighted by Crippen LogP contribution is -2.36. The third kappa shape index (κ3) is 5.39. The molecule has 23 nitrogen and oxygen atoms in total. The lowest BCUT2D eigenvalue weighted by molar-refractivity contribution is -0.0672. The van der Waals surface area contributed by atoms with Gasteiger partial charge < -0.3 is 40.9 Å². The van der Waals surface area contributed by atoms with Crippen LogP contribution in [0.1, 0.15) is 18.3 Å². The van der Waals surface area contributed by atoms with E-state index in [2.05, 4.69) is 29.9 Å². The zero-order valence-corrected chi connectivity index (χ0v) is 25.1. The lowest BCUT2D eigenvalue weighted by atomic mass is 10.1. The van der Waals surface area contributed by atoms with Gasteiger partial charge in [-0.15, -0.1) is 0 Å². The Morgan fingerprint density at radius 3 is 2.15 bits per heavy atom. The van der Waals surface area contributed by atoms with E-state index in [1.807, 2.05) is 0 Å². The Kier molecular flexibility index (Phi) is 7.51. The van der Waals surface area contributed by atoms with Crippen LogP contribution in [0.25, 0.3) is 22.3 Å². The van der Waals surface area contributed by atoms with Crippen molar-refractivity contribution in [2.75, 3.05) is 24.7 Å². The number of aromatic amines is 1. The fraction of sp³-hybridized carbons (Fsp3) is 0.524. The SMILES string of the molecule is Cc1nc(N)c2ncn([C@@H]3O[C@@H]4COP(=O)(O)O[C@@H]5[C@H](O)[C@@H](COP(=O)(O)O[C@H]4[C@H]3O)O[C@H]5n3cnc4c(=O)[nH]c(N)nc43)c2n1. The first-order valence-electron chi connectivity index (χ1n) is 13.4. The molecule has 0 radical (unpaired) electrons. The number of ether oxygens (including phenoxy) is 2. The summed E-state index contributed by atoms with van der Waals surface area (Å²) in [5.74, 6) is 0.0443. The molecule has 9 N–H and O–H groups in total. The number of fused-ring (bicyclic) bond motifs is 5. The number of nitrogens with two attached hydrogens (primary N) is 2. The summed E-state index contributed by atoms with van der Waals surface area (Å²) in [5.41, 5.74) is 10.9. The molecule has 0 aromatic carbocycles. The average Bonchev–Trinajstić information content (AvgIpc) is 3.72.